The summed E-state index contributed by atoms with van der Waals surface area (Å²) < 4.78 is 1.33. The first-order chi connectivity index (χ1) is 4.24. The van der Waals surface area contributed by atoms with Gasteiger partial charge in [0.05, 0.1) is 0 Å². The van der Waals surface area contributed by atoms with Crippen molar-refractivity contribution in [3.8, 4) is 0 Å². The van der Waals surface area contributed by atoms with Gasteiger partial charge in [-0.05, 0) is 19.2 Å². The van der Waals surface area contributed by atoms with Crippen LogP contribution in [0.25, 0.3) is 0 Å². The molecule has 0 aromatic carbocycles. The SMILES string of the molecule is CSc1cc(P)sc1C. The van der Waals surface area contributed by atoms with E-state index in [4.69, 9.17) is 0 Å². The summed E-state index contributed by atoms with van der Waals surface area (Å²) in [7, 11) is 2.72. The van der Waals surface area contributed by atoms with Crippen molar-refractivity contribution in [1.82, 2.24) is 0 Å². The van der Waals surface area contributed by atoms with E-state index in [1.165, 1.54) is 14.4 Å². The van der Waals surface area contributed by atoms with Crippen molar-refractivity contribution in [2.24, 2.45) is 0 Å². The molecule has 1 heterocycles. The molecule has 0 spiro atoms. The quantitative estimate of drug-likeness (QED) is 0.467. The van der Waals surface area contributed by atoms with E-state index >= 15 is 0 Å². The molecule has 0 bridgehead atoms. The Morgan fingerprint density at radius 1 is 1.67 bits per heavy atom. The van der Waals surface area contributed by atoms with E-state index < -0.39 is 0 Å². The Morgan fingerprint density at radius 3 is 2.56 bits per heavy atom. The maximum Gasteiger partial charge on any atom is 0.0230 e. The highest BCUT2D eigenvalue weighted by atomic mass is 32.2. The lowest BCUT2D eigenvalue weighted by molar-refractivity contribution is 1.43. The monoisotopic (exact) mass is 176 g/mol. The Labute approximate surface area is 66.3 Å². The lowest BCUT2D eigenvalue weighted by atomic mass is 10.5. The predicted molar refractivity (Wildman–Crippen MR) is 50.2 cm³/mol. The molecule has 0 N–H and O–H groups in total. The van der Waals surface area contributed by atoms with Crippen LogP contribution in [-0.4, -0.2) is 6.26 Å². The maximum absolute atomic E-state index is 2.72. The van der Waals surface area contributed by atoms with Crippen LogP contribution in [0.3, 0.4) is 0 Å². The average Bonchev–Trinajstić information content (AvgIpc) is 2.10. The molecule has 1 unspecified atom stereocenters. The molecule has 9 heavy (non-hydrogen) atoms. The zero-order valence-electron chi connectivity index (χ0n) is 5.47. The predicted octanol–water partition coefficient (Wildman–Crippen LogP) is 2.28. The van der Waals surface area contributed by atoms with E-state index in [9.17, 15) is 0 Å². The Hall–Kier alpha value is 0.480. The van der Waals surface area contributed by atoms with Gasteiger partial charge in [0.25, 0.3) is 0 Å². The van der Waals surface area contributed by atoms with Gasteiger partial charge < -0.3 is 0 Å². The number of thiophene rings is 1. The van der Waals surface area contributed by atoms with Gasteiger partial charge in [0, 0.05) is 14.4 Å². The molecular weight excluding hydrogens is 167 g/mol. The third-order valence-electron chi connectivity index (χ3n) is 1.11. The third kappa shape index (κ3) is 1.70. The van der Waals surface area contributed by atoms with Crippen molar-refractivity contribution >= 4 is 37.0 Å². The molecule has 1 aromatic heterocycles. The fraction of sp³-hybridized carbons (Fsp3) is 0.333. The first-order valence-electron chi connectivity index (χ1n) is 2.64. The number of rotatable bonds is 1. The van der Waals surface area contributed by atoms with Gasteiger partial charge in [0.2, 0.25) is 0 Å². The van der Waals surface area contributed by atoms with E-state index in [0.29, 0.717) is 0 Å². The zero-order chi connectivity index (χ0) is 6.85. The van der Waals surface area contributed by atoms with Crippen LogP contribution in [0, 0.1) is 6.92 Å². The molecule has 1 rings (SSSR count). The van der Waals surface area contributed by atoms with Crippen molar-refractivity contribution in [3.63, 3.8) is 0 Å². The van der Waals surface area contributed by atoms with Crippen molar-refractivity contribution in [2.45, 2.75) is 11.8 Å². The molecule has 50 valence electrons. The lowest BCUT2D eigenvalue weighted by Crippen LogP contribution is -1.71. The molecule has 0 saturated heterocycles. The summed E-state index contributed by atoms with van der Waals surface area (Å²) in [6, 6.07) is 2.20. The molecule has 0 fully saturated rings. The van der Waals surface area contributed by atoms with Crippen LogP contribution in [0.1, 0.15) is 4.88 Å². The van der Waals surface area contributed by atoms with Gasteiger partial charge >= 0.3 is 0 Å². The second kappa shape index (κ2) is 3.05. The molecule has 0 aliphatic carbocycles. The van der Waals surface area contributed by atoms with Crippen LogP contribution in [0.15, 0.2) is 11.0 Å². The van der Waals surface area contributed by atoms with Gasteiger partial charge in [0.15, 0.2) is 0 Å². The minimum absolute atomic E-state index is 1.33. The Balaban J connectivity index is 3.01. The summed E-state index contributed by atoms with van der Waals surface area (Å²) in [5.74, 6) is 0. The standard InChI is InChI=1S/C6H9PS2/c1-4-5(8-2)3-6(7)9-4/h3H,7H2,1-2H3. The van der Waals surface area contributed by atoms with Crippen LogP contribution in [0.5, 0.6) is 0 Å². The van der Waals surface area contributed by atoms with Crippen LogP contribution >= 0.6 is 32.3 Å². The normalized spacial score (nSPS) is 10.1. The number of thioether (sulfide) groups is 1. The lowest BCUT2D eigenvalue weighted by Gasteiger charge is -1.87. The average molecular weight is 176 g/mol. The summed E-state index contributed by atoms with van der Waals surface area (Å²) >= 11 is 3.65. The summed E-state index contributed by atoms with van der Waals surface area (Å²) in [6.07, 6.45) is 2.11. The second-order valence-corrected chi connectivity index (χ2v) is 4.95. The fourth-order valence-corrected chi connectivity index (χ4v) is 3.18. The highest BCUT2D eigenvalue weighted by Crippen LogP contribution is 2.23. The molecule has 0 aliphatic heterocycles. The minimum atomic E-state index is 1.33. The Bertz CT molecular complexity index is 205. The summed E-state index contributed by atoms with van der Waals surface area (Å²) in [4.78, 5) is 2.83. The third-order valence-corrected chi connectivity index (χ3v) is 3.50. The Morgan fingerprint density at radius 2 is 2.33 bits per heavy atom. The van der Waals surface area contributed by atoms with Crippen molar-refractivity contribution in [3.05, 3.63) is 10.9 Å². The first-order valence-corrected chi connectivity index (χ1v) is 5.26. The molecular formula is C6H9PS2. The van der Waals surface area contributed by atoms with E-state index in [1.54, 1.807) is 0 Å². The second-order valence-electron chi connectivity index (χ2n) is 1.77. The highest BCUT2D eigenvalue weighted by Gasteiger charge is 1.98. The minimum Gasteiger partial charge on any atom is -0.140 e. The smallest absolute Gasteiger partial charge is 0.0230 e. The van der Waals surface area contributed by atoms with E-state index in [0.717, 1.165) is 0 Å². The molecule has 0 saturated carbocycles. The van der Waals surface area contributed by atoms with Crippen LogP contribution in [-0.2, 0) is 0 Å². The van der Waals surface area contributed by atoms with Gasteiger partial charge in [-0.3, -0.25) is 0 Å². The number of hydrogen-bond donors (Lipinski definition) is 0. The van der Waals surface area contributed by atoms with E-state index in [1.807, 2.05) is 23.1 Å². The van der Waals surface area contributed by atoms with Crippen molar-refractivity contribution in [2.75, 3.05) is 6.26 Å². The largest absolute Gasteiger partial charge is 0.140 e. The van der Waals surface area contributed by atoms with Gasteiger partial charge in [0.1, 0.15) is 0 Å². The first kappa shape index (κ1) is 7.59. The van der Waals surface area contributed by atoms with Gasteiger partial charge in [-0.15, -0.1) is 23.1 Å². The van der Waals surface area contributed by atoms with Crippen molar-refractivity contribution < 1.29 is 0 Å². The molecule has 0 amide bonds. The summed E-state index contributed by atoms with van der Waals surface area (Å²) in [5.41, 5.74) is 0. The van der Waals surface area contributed by atoms with E-state index in [2.05, 4.69) is 28.5 Å². The maximum atomic E-state index is 2.72. The van der Waals surface area contributed by atoms with Gasteiger partial charge in [-0.2, -0.15) is 0 Å². The van der Waals surface area contributed by atoms with Crippen molar-refractivity contribution in [1.29, 1.82) is 0 Å². The Kier molecular flexibility index (Phi) is 2.57. The molecule has 1 aromatic rings. The summed E-state index contributed by atoms with van der Waals surface area (Å²) in [5, 5.41) is 0. The molecule has 3 heteroatoms. The fourth-order valence-electron chi connectivity index (χ4n) is 0.690. The summed E-state index contributed by atoms with van der Waals surface area (Å²) in [6.45, 7) is 2.16. The van der Waals surface area contributed by atoms with Crippen LogP contribution in [0.2, 0.25) is 0 Å². The zero-order valence-corrected chi connectivity index (χ0v) is 8.26. The van der Waals surface area contributed by atoms with Crippen LogP contribution < -0.4 is 4.62 Å². The topological polar surface area (TPSA) is 0 Å². The number of aryl methyl sites for hydroxylation is 1. The van der Waals surface area contributed by atoms with E-state index in [-0.39, 0.29) is 0 Å². The highest BCUT2D eigenvalue weighted by molar-refractivity contribution is 7.98. The van der Waals surface area contributed by atoms with Gasteiger partial charge in [-0.1, -0.05) is 9.24 Å². The molecule has 0 nitrogen and oxygen atoms in total. The molecule has 1 atom stereocenters. The molecule has 0 aliphatic rings. The van der Waals surface area contributed by atoms with Gasteiger partial charge in [-0.25, -0.2) is 0 Å². The molecule has 0 radical (unpaired) electrons. The number of hydrogen-bond acceptors (Lipinski definition) is 2. The van der Waals surface area contributed by atoms with Crippen LogP contribution in [0.4, 0.5) is 0 Å².